The Hall–Kier alpha value is -2.41. The minimum absolute atomic E-state index is 0.192. The number of aliphatic hydroxyl groups is 1. The maximum absolute atomic E-state index is 13.1. The molecule has 3 N–H and O–H groups in total. The third-order valence-electron chi connectivity index (χ3n) is 3.71. The molecular weight excluding hydrogens is 289 g/mol. The van der Waals surface area contributed by atoms with Gasteiger partial charge in [-0.1, -0.05) is 12.1 Å². The largest absolute Gasteiger partial charge is 0.392 e. The van der Waals surface area contributed by atoms with Crippen LogP contribution in [-0.2, 0) is 4.79 Å². The second kappa shape index (κ2) is 5.42. The third kappa shape index (κ3) is 2.55. The first-order valence-corrected chi connectivity index (χ1v) is 6.99. The van der Waals surface area contributed by atoms with Crippen molar-refractivity contribution < 1.29 is 19.1 Å². The highest BCUT2D eigenvalue weighted by Gasteiger charge is 2.40. The van der Waals surface area contributed by atoms with Crippen molar-refractivity contribution in [3.8, 4) is 0 Å². The van der Waals surface area contributed by atoms with E-state index in [-0.39, 0.29) is 24.8 Å². The molecule has 7 heteroatoms. The molecule has 0 aromatic heterocycles. The first kappa shape index (κ1) is 14.5. The van der Waals surface area contributed by atoms with Crippen LogP contribution in [0.1, 0.15) is 18.5 Å². The van der Waals surface area contributed by atoms with Crippen LogP contribution in [0.2, 0.25) is 0 Å². The molecule has 2 aliphatic rings. The maximum Gasteiger partial charge on any atom is 0.319 e. The normalized spacial score (nSPS) is 22.3. The van der Waals surface area contributed by atoms with Crippen LogP contribution in [0.4, 0.5) is 9.18 Å². The van der Waals surface area contributed by atoms with Gasteiger partial charge in [0.1, 0.15) is 5.82 Å². The Balaban J connectivity index is 1.94. The van der Waals surface area contributed by atoms with Crippen molar-refractivity contribution in [2.24, 2.45) is 0 Å². The quantitative estimate of drug-likeness (QED) is 0.767. The molecule has 0 unspecified atom stereocenters. The van der Waals surface area contributed by atoms with E-state index < -0.39 is 18.2 Å². The number of carbonyl (C=O) groups is 2. The summed E-state index contributed by atoms with van der Waals surface area (Å²) in [6.07, 6.45) is -0.654. The molecule has 3 rings (SSSR count). The Morgan fingerprint density at radius 2 is 2.05 bits per heavy atom. The summed E-state index contributed by atoms with van der Waals surface area (Å²) in [6, 6.07) is 4.64. The molecule has 0 saturated heterocycles. The average Bonchev–Trinajstić information content (AvgIpc) is 2.74. The number of hydrogen-bond donors (Lipinski definition) is 3. The smallest absolute Gasteiger partial charge is 0.319 e. The van der Waals surface area contributed by atoms with Crippen molar-refractivity contribution >= 4 is 11.9 Å². The lowest BCUT2D eigenvalue weighted by atomic mass is 9.96. The van der Waals surface area contributed by atoms with Crippen molar-refractivity contribution in [3.63, 3.8) is 0 Å². The molecule has 0 fully saturated rings. The molecule has 1 aromatic rings. The van der Waals surface area contributed by atoms with Gasteiger partial charge in [0.05, 0.1) is 30.0 Å². The highest BCUT2D eigenvalue weighted by Crippen LogP contribution is 2.32. The second-order valence-electron chi connectivity index (χ2n) is 5.51. The molecule has 116 valence electrons. The summed E-state index contributed by atoms with van der Waals surface area (Å²) in [6.45, 7) is 2.04. The Bertz CT molecular complexity index is 655. The first-order valence-electron chi connectivity index (χ1n) is 6.99. The number of benzene rings is 1. The Kier molecular flexibility index (Phi) is 3.58. The monoisotopic (exact) mass is 305 g/mol. The number of β-amino-alcohol motifs (C(OH)–C–C–N with tert-alkyl or cyclic N) is 1. The molecule has 2 atom stereocenters. The van der Waals surface area contributed by atoms with Gasteiger partial charge < -0.3 is 20.6 Å². The van der Waals surface area contributed by atoms with Crippen LogP contribution in [-0.4, -0.2) is 41.1 Å². The van der Waals surface area contributed by atoms with Gasteiger partial charge in [-0.25, -0.2) is 9.18 Å². The lowest BCUT2D eigenvalue weighted by Crippen LogP contribution is -2.44. The number of hydrogen-bond acceptors (Lipinski definition) is 3. The fraction of sp³-hybridized carbons (Fsp3) is 0.333. The van der Waals surface area contributed by atoms with Crippen LogP contribution < -0.4 is 10.6 Å². The predicted molar refractivity (Wildman–Crippen MR) is 76.1 cm³/mol. The summed E-state index contributed by atoms with van der Waals surface area (Å²) < 4.78 is 13.1. The van der Waals surface area contributed by atoms with Gasteiger partial charge in [-0.05, 0) is 24.6 Å². The van der Waals surface area contributed by atoms with Gasteiger partial charge in [-0.15, -0.1) is 0 Å². The molecule has 6 nitrogen and oxygen atoms in total. The number of halogens is 1. The van der Waals surface area contributed by atoms with E-state index in [1.807, 2.05) is 0 Å². The van der Waals surface area contributed by atoms with Gasteiger partial charge >= 0.3 is 6.03 Å². The van der Waals surface area contributed by atoms with E-state index in [4.69, 9.17) is 0 Å². The van der Waals surface area contributed by atoms with Crippen LogP contribution in [0.5, 0.6) is 0 Å². The van der Waals surface area contributed by atoms with Crippen LogP contribution in [0, 0.1) is 5.82 Å². The second-order valence-corrected chi connectivity index (χ2v) is 5.51. The Labute approximate surface area is 126 Å². The summed E-state index contributed by atoms with van der Waals surface area (Å²) in [4.78, 5) is 25.8. The minimum atomic E-state index is -0.654. The number of urea groups is 1. The van der Waals surface area contributed by atoms with Crippen LogP contribution in [0.25, 0.3) is 0 Å². The highest BCUT2D eigenvalue weighted by molar-refractivity contribution is 6.01. The van der Waals surface area contributed by atoms with E-state index in [1.165, 1.54) is 17.0 Å². The van der Waals surface area contributed by atoms with E-state index in [2.05, 4.69) is 10.6 Å². The fourth-order valence-electron chi connectivity index (χ4n) is 2.80. The summed E-state index contributed by atoms with van der Waals surface area (Å²) >= 11 is 0. The number of nitrogens with zero attached hydrogens (tertiary/aromatic N) is 1. The molecule has 0 bridgehead atoms. The summed E-state index contributed by atoms with van der Waals surface area (Å²) in [5, 5.41) is 14.8. The summed E-state index contributed by atoms with van der Waals surface area (Å²) in [7, 11) is 0. The molecule has 22 heavy (non-hydrogen) atoms. The van der Waals surface area contributed by atoms with Gasteiger partial charge in [0, 0.05) is 6.54 Å². The van der Waals surface area contributed by atoms with E-state index in [9.17, 15) is 19.1 Å². The zero-order chi connectivity index (χ0) is 15.9. The zero-order valence-corrected chi connectivity index (χ0v) is 12.0. The number of aliphatic hydroxyl groups excluding tert-OH is 1. The van der Waals surface area contributed by atoms with E-state index >= 15 is 0 Å². The maximum atomic E-state index is 13.1. The Morgan fingerprint density at radius 1 is 1.36 bits per heavy atom. The highest BCUT2D eigenvalue weighted by atomic mass is 19.1. The number of amides is 3. The molecule has 0 aliphatic carbocycles. The lowest BCUT2D eigenvalue weighted by Gasteiger charge is -2.25. The van der Waals surface area contributed by atoms with Crippen molar-refractivity contribution in [2.45, 2.75) is 19.1 Å². The first-order chi connectivity index (χ1) is 10.5. The van der Waals surface area contributed by atoms with Crippen molar-refractivity contribution in [3.05, 3.63) is 46.9 Å². The van der Waals surface area contributed by atoms with Crippen LogP contribution >= 0.6 is 0 Å². The molecule has 0 radical (unpaired) electrons. The van der Waals surface area contributed by atoms with E-state index in [0.29, 0.717) is 16.8 Å². The van der Waals surface area contributed by atoms with Gasteiger partial charge in [0.25, 0.3) is 5.91 Å². The number of rotatable bonds is 3. The SMILES string of the molecule is C[C@H](O)CN1CC2=C(C1=O)[C@H](c1ccc(F)cc1)NC(=O)N2. The fourth-order valence-corrected chi connectivity index (χ4v) is 2.80. The van der Waals surface area contributed by atoms with Crippen LogP contribution in [0.3, 0.4) is 0 Å². The average molecular weight is 305 g/mol. The van der Waals surface area contributed by atoms with Gasteiger partial charge in [-0.2, -0.15) is 0 Å². The van der Waals surface area contributed by atoms with Gasteiger partial charge in [0.15, 0.2) is 0 Å². The number of carbonyl (C=O) groups excluding carboxylic acids is 2. The number of nitrogens with one attached hydrogen (secondary N) is 2. The molecule has 2 aliphatic heterocycles. The molecule has 0 spiro atoms. The molecule has 0 saturated carbocycles. The van der Waals surface area contributed by atoms with Crippen molar-refractivity contribution in [1.82, 2.24) is 15.5 Å². The van der Waals surface area contributed by atoms with E-state index in [1.54, 1.807) is 19.1 Å². The van der Waals surface area contributed by atoms with Crippen LogP contribution in [0.15, 0.2) is 35.5 Å². The van der Waals surface area contributed by atoms with Gasteiger partial charge in [0.2, 0.25) is 0 Å². The Morgan fingerprint density at radius 3 is 2.68 bits per heavy atom. The van der Waals surface area contributed by atoms with Crippen molar-refractivity contribution in [2.75, 3.05) is 13.1 Å². The molecule has 3 amide bonds. The summed E-state index contributed by atoms with van der Waals surface area (Å²) in [5.74, 6) is -0.621. The van der Waals surface area contributed by atoms with Gasteiger partial charge in [-0.3, -0.25) is 4.79 Å². The zero-order valence-electron chi connectivity index (χ0n) is 12.0. The third-order valence-corrected chi connectivity index (χ3v) is 3.71. The standard InChI is InChI=1S/C15H16FN3O3/c1-8(20)6-19-7-11-12(14(19)21)13(18-15(22)17-11)9-2-4-10(16)5-3-9/h2-5,8,13,20H,6-7H2,1H3,(H2,17,18,22)/t8-,13-/m0/s1. The predicted octanol–water partition coefficient (Wildman–Crippen LogP) is 0.657. The lowest BCUT2D eigenvalue weighted by molar-refractivity contribution is -0.126. The molecule has 2 heterocycles. The minimum Gasteiger partial charge on any atom is -0.392 e. The molecular formula is C15H16FN3O3. The molecule has 1 aromatic carbocycles. The summed E-state index contributed by atoms with van der Waals surface area (Å²) in [5.41, 5.74) is 1.60. The topological polar surface area (TPSA) is 81.7 Å². The van der Waals surface area contributed by atoms with E-state index in [0.717, 1.165) is 0 Å². The van der Waals surface area contributed by atoms with Crippen molar-refractivity contribution in [1.29, 1.82) is 0 Å².